The predicted octanol–water partition coefficient (Wildman–Crippen LogP) is 1.30. The van der Waals surface area contributed by atoms with E-state index in [-0.39, 0.29) is 5.97 Å². The van der Waals surface area contributed by atoms with Gasteiger partial charge in [0.2, 0.25) is 0 Å². The molecule has 0 aliphatic rings. The smallest absolute Gasteiger partial charge is 0.320 e. The number of carbonyl (C=O) groups is 1. The highest BCUT2D eigenvalue weighted by Gasteiger charge is 2.10. The number of unbranched alkanes of at least 4 members (excludes halogenated alkanes) is 1. The Morgan fingerprint density at radius 2 is 2.00 bits per heavy atom. The molecule has 0 aliphatic carbocycles. The minimum Gasteiger partial charge on any atom is -0.465 e. The lowest BCUT2D eigenvalue weighted by atomic mass is 10.3. The summed E-state index contributed by atoms with van der Waals surface area (Å²) in [5.74, 6) is -0.148. The largest absolute Gasteiger partial charge is 0.465 e. The van der Waals surface area contributed by atoms with Crippen molar-refractivity contribution in [2.75, 3.05) is 40.0 Å². The van der Waals surface area contributed by atoms with Crippen LogP contribution in [0.1, 0.15) is 26.7 Å². The van der Waals surface area contributed by atoms with Gasteiger partial charge in [0.05, 0.1) is 19.8 Å². The first-order valence-corrected chi connectivity index (χ1v) is 5.61. The first kappa shape index (κ1) is 14.4. The van der Waals surface area contributed by atoms with Crippen molar-refractivity contribution in [2.45, 2.75) is 26.7 Å². The van der Waals surface area contributed by atoms with Gasteiger partial charge < -0.3 is 9.47 Å². The van der Waals surface area contributed by atoms with Crippen LogP contribution in [0.3, 0.4) is 0 Å². The summed E-state index contributed by atoms with van der Waals surface area (Å²) in [5, 5.41) is 0. The number of hydrogen-bond acceptors (Lipinski definition) is 4. The zero-order valence-corrected chi connectivity index (χ0v) is 10.1. The zero-order valence-electron chi connectivity index (χ0n) is 10.1. The number of ether oxygens (including phenoxy) is 2. The van der Waals surface area contributed by atoms with Crippen molar-refractivity contribution in [3.8, 4) is 0 Å². The Hall–Kier alpha value is -0.610. The molecule has 15 heavy (non-hydrogen) atoms. The van der Waals surface area contributed by atoms with Gasteiger partial charge in [-0.3, -0.25) is 9.69 Å². The third-order valence-corrected chi connectivity index (χ3v) is 2.10. The number of hydrogen-bond donors (Lipinski definition) is 0. The van der Waals surface area contributed by atoms with Crippen molar-refractivity contribution in [3.63, 3.8) is 0 Å². The molecule has 0 saturated carbocycles. The van der Waals surface area contributed by atoms with Crippen molar-refractivity contribution in [1.29, 1.82) is 0 Å². The first-order valence-electron chi connectivity index (χ1n) is 5.61. The molecule has 0 saturated heterocycles. The van der Waals surface area contributed by atoms with Crippen LogP contribution in [0.2, 0.25) is 0 Å². The van der Waals surface area contributed by atoms with Crippen molar-refractivity contribution < 1.29 is 14.3 Å². The summed E-state index contributed by atoms with van der Waals surface area (Å²) >= 11 is 0. The molecule has 0 amide bonds. The standard InChI is InChI=1S/C11H23NO3/c1-4-6-7-12(8-9-14-3)10-11(13)15-5-2/h4-10H2,1-3H3. The Labute approximate surface area is 92.5 Å². The van der Waals surface area contributed by atoms with Gasteiger partial charge in [-0.2, -0.15) is 0 Å². The second-order valence-electron chi connectivity index (χ2n) is 3.43. The molecule has 0 aliphatic heterocycles. The molecule has 0 N–H and O–H groups in total. The van der Waals surface area contributed by atoms with Gasteiger partial charge in [-0.1, -0.05) is 13.3 Å². The molecule has 0 fully saturated rings. The maximum atomic E-state index is 11.3. The summed E-state index contributed by atoms with van der Waals surface area (Å²) < 4.78 is 9.91. The summed E-state index contributed by atoms with van der Waals surface area (Å²) in [5.41, 5.74) is 0. The lowest BCUT2D eigenvalue weighted by Gasteiger charge is -2.20. The molecule has 90 valence electrons. The van der Waals surface area contributed by atoms with Gasteiger partial charge >= 0.3 is 5.97 Å². The Morgan fingerprint density at radius 3 is 2.53 bits per heavy atom. The number of nitrogens with zero attached hydrogens (tertiary/aromatic N) is 1. The van der Waals surface area contributed by atoms with Crippen LogP contribution in [0.5, 0.6) is 0 Å². The van der Waals surface area contributed by atoms with Gasteiger partial charge in [0.25, 0.3) is 0 Å². The molecule has 0 aromatic heterocycles. The molecule has 0 heterocycles. The van der Waals surface area contributed by atoms with Crippen molar-refractivity contribution in [2.24, 2.45) is 0 Å². The Bertz CT molecular complexity index is 154. The van der Waals surface area contributed by atoms with E-state index in [0.29, 0.717) is 19.8 Å². The fraction of sp³-hybridized carbons (Fsp3) is 0.909. The quantitative estimate of drug-likeness (QED) is 0.546. The molecule has 0 unspecified atom stereocenters. The highest BCUT2D eigenvalue weighted by Crippen LogP contribution is 1.96. The van der Waals surface area contributed by atoms with E-state index >= 15 is 0 Å². The molecule has 0 aromatic rings. The molecule has 4 nitrogen and oxygen atoms in total. The van der Waals surface area contributed by atoms with Crippen LogP contribution in [0.15, 0.2) is 0 Å². The van der Waals surface area contributed by atoms with Gasteiger partial charge in [0.1, 0.15) is 0 Å². The van der Waals surface area contributed by atoms with E-state index in [0.717, 1.165) is 25.9 Å². The predicted molar refractivity (Wildman–Crippen MR) is 59.9 cm³/mol. The molecule has 0 bridgehead atoms. The number of rotatable bonds is 9. The first-order chi connectivity index (χ1) is 7.24. The van der Waals surface area contributed by atoms with Gasteiger partial charge in [-0.25, -0.2) is 0 Å². The highest BCUT2D eigenvalue weighted by molar-refractivity contribution is 5.71. The Morgan fingerprint density at radius 1 is 1.27 bits per heavy atom. The summed E-state index contributed by atoms with van der Waals surface area (Å²) in [4.78, 5) is 13.3. The van der Waals surface area contributed by atoms with Crippen LogP contribution in [-0.4, -0.2) is 50.8 Å². The van der Waals surface area contributed by atoms with Crippen LogP contribution >= 0.6 is 0 Å². The third-order valence-electron chi connectivity index (χ3n) is 2.10. The molecule has 0 aromatic carbocycles. The van der Waals surface area contributed by atoms with Crippen LogP contribution in [0.4, 0.5) is 0 Å². The van der Waals surface area contributed by atoms with Gasteiger partial charge in [-0.05, 0) is 19.9 Å². The summed E-state index contributed by atoms with van der Waals surface area (Å²) in [6.07, 6.45) is 2.23. The topological polar surface area (TPSA) is 38.8 Å². The van der Waals surface area contributed by atoms with Crippen LogP contribution in [-0.2, 0) is 14.3 Å². The second kappa shape index (κ2) is 9.93. The second-order valence-corrected chi connectivity index (χ2v) is 3.43. The van der Waals surface area contributed by atoms with Crippen molar-refractivity contribution in [3.05, 3.63) is 0 Å². The van der Waals surface area contributed by atoms with Crippen LogP contribution in [0.25, 0.3) is 0 Å². The summed E-state index contributed by atoms with van der Waals surface area (Å²) in [6, 6.07) is 0. The van der Waals surface area contributed by atoms with E-state index in [1.165, 1.54) is 0 Å². The maximum Gasteiger partial charge on any atom is 0.320 e. The van der Waals surface area contributed by atoms with Gasteiger partial charge in [-0.15, -0.1) is 0 Å². The summed E-state index contributed by atoms with van der Waals surface area (Å²) in [6.45, 7) is 7.15. The van der Waals surface area contributed by atoms with Crippen LogP contribution < -0.4 is 0 Å². The van der Waals surface area contributed by atoms with E-state index in [9.17, 15) is 4.79 Å². The monoisotopic (exact) mass is 217 g/mol. The van der Waals surface area contributed by atoms with Crippen LogP contribution in [0, 0.1) is 0 Å². The third kappa shape index (κ3) is 8.39. The lowest BCUT2D eigenvalue weighted by molar-refractivity contribution is -0.144. The minimum absolute atomic E-state index is 0.148. The molecular formula is C11H23NO3. The molecular weight excluding hydrogens is 194 g/mol. The molecule has 0 rings (SSSR count). The Balaban J connectivity index is 3.82. The molecule has 4 heteroatoms. The highest BCUT2D eigenvalue weighted by atomic mass is 16.5. The maximum absolute atomic E-state index is 11.3. The number of methoxy groups -OCH3 is 1. The lowest BCUT2D eigenvalue weighted by Crippen LogP contribution is -2.34. The normalized spacial score (nSPS) is 10.7. The van der Waals surface area contributed by atoms with Gasteiger partial charge in [0.15, 0.2) is 0 Å². The molecule has 0 atom stereocenters. The fourth-order valence-corrected chi connectivity index (χ4v) is 1.26. The SMILES string of the molecule is CCCCN(CCOC)CC(=O)OCC. The number of esters is 1. The van der Waals surface area contributed by atoms with E-state index < -0.39 is 0 Å². The van der Waals surface area contributed by atoms with Crippen molar-refractivity contribution >= 4 is 5.97 Å². The zero-order chi connectivity index (χ0) is 11.5. The average Bonchev–Trinajstić information content (AvgIpc) is 2.22. The molecule has 0 radical (unpaired) electrons. The fourth-order valence-electron chi connectivity index (χ4n) is 1.26. The van der Waals surface area contributed by atoms with Crippen molar-refractivity contribution in [1.82, 2.24) is 4.90 Å². The summed E-state index contributed by atoms with van der Waals surface area (Å²) in [7, 11) is 1.67. The van der Waals surface area contributed by atoms with E-state index in [1.807, 2.05) is 6.92 Å². The Kier molecular flexibility index (Phi) is 9.52. The molecule has 0 spiro atoms. The average molecular weight is 217 g/mol. The van der Waals surface area contributed by atoms with Gasteiger partial charge in [0, 0.05) is 13.7 Å². The minimum atomic E-state index is -0.148. The van der Waals surface area contributed by atoms with E-state index in [4.69, 9.17) is 9.47 Å². The number of carbonyl (C=O) groups excluding carboxylic acids is 1. The van der Waals surface area contributed by atoms with E-state index in [2.05, 4.69) is 11.8 Å². The van der Waals surface area contributed by atoms with E-state index in [1.54, 1.807) is 7.11 Å².